The molecule has 1 aromatic rings. The van der Waals surface area contributed by atoms with Gasteiger partial charge in [-0.05, 0) is 19.3 Å². The van der Waals surface area contributed by atoms with E-state index in [0.29, 0.717) is 17.8 Å². The van der Waals surface area contributed by atoms with E-state index in [1.807, 2.05) is 6.92 Å². The number of nitrogens with one attached hydrogen (secondary N) is 1. The van der Waals surface area contributed by atoms with Gasteiger partial charge in [0.2, 0.25) is 0 Å². The van der Waals surface area contributed by atoms with Crippen LogP contribution in [-0.2, 0) is 6.54 Å². The highest BCUT2D eigenvalue weighted by atomic mass is 35.5. The first kappa shape index (κ1) is 12.9. The normalized spacial score (nSPS) is 13.4. The van der Waals surface area contributed by atoms with Crippen LogP contribution in [0.4, 0.5) is 0 Å². The molecule has 0 saturated carbocycles. The van der Waals surface area contributed by atoms with Gasteiger partial charge in [0.15, 0.2) is 0 Å². The Morgan fingerprint density at radius 2 is 2.27 bits per heavy atom. The first-order valence-corrected chi connectivity index (χ1v) is 6.75. The fourth-order valence-corrected chi connectivity index (χ4v) is 2.45. The van der Waals surface area contributed by atoms with Crippen molar-refractivity contribution in [2.45, 2.75) is 39.8 Å². The Balaban J connectivity index is 2.39. The fourth-order valence-electron chi connectivity index (χ4n) is 1.49. The maximum Gasteiger partial charge on any atom is 0.107 e. The van der Waals surface area contributed by atoms with E-state index in [4.69, 9.17) is 11.6 Å². The zero-order chi connectivity index (χ0) is 11.3. The van der Waals surface area contributed by atoms with Gasteiger partial charge >= 0.3 is 0 Å². The molecule has 2 nitrogen and oxygen atoms in total. The molecule has 0 aliphatic heterocycles. The van der Waals surface area contributed by atoms with Crippen molar-refractivity contribution in [3.63, 3.8) is 0 Å². The molecule has 86 valence electrons. The third-order valence-corrected chi connectivity index (χ3v) is 3.59. The Kier molecular flexibility index (Phi) is 5.58. The van der Waals surface area contributed by atoms with Crippen molar-refractivity contribution >= 4 is 22.9 Å². The summed E-state index contributed by atoms with van der Waals surface area (Å²) in [7, 11) is 0. The average molecular weight is 247 g/mol. The predicted octanol–water partition coefficient (Wildman–Crippen LogP) is 3.19. The number of aromatic nitrogens is 1. The molecular formula is C11H19ClN2S. The van der Waals surface area contributed by atoms with Gasteiger partial charge in [-0.1, -0.05) is 13.8 Å². The van der Waals surface area contributed by atoms with E-state index >= 15 is 0 Å². The molecule has 1 rings (SSSR count). The van der Waals surface area contributed by atoms with Gasteiger partial charge in [0.1, 0.15) is 5.01 Å². The Bertz CT molecular complexity index is 286. The number of alkyl halides is 1. The summed E-state index contributed by atoms with van der Waals surface area (Å²) in [4.78, 5) is 4.43. The minimum atomic E-state index is 0.492. The van der Waals surface area contributed by atoms with Crippen molar-refractivity contribution in [1.29, 1.82) is 0 Å². The zero-order valence-electron chi connectivity index (χ0n) is 9.59. The van der Waals surface area contributed by atoms with Crippen molar-refractivity contribution in [3.05, 3.63) is 16.1 Å². The molecule has 15 heavy (non-hydrogen) atoms. The summed E-state index contributed by atoms with van der Waals surface area (Å²) in [6.07, 6.45) is 1.02. The molecule has 0 radical (unpaired) electrons. The summed E-state index contributed by atoms with van der Waals surface area (Å²) in [5.41, 5.74) is 1.11. The molecule has 0 fully saturated rings. The molecule has 0 bridgehead atoms. The van der Waals surface area contributed by atoms with Gasteiger partial charge in [-0.25, -0.2) is 4.98 Å². The number of thiazole rings is 1. The van der Waals surface area contributed by atoms with E-state index in [1.165, 1.54) is 0 Å². The minimum Gasteiger partial charge on any atom is -0.307 e. The lowest BCUT2D eigenvalue weighted by Crippen LogP contribution is -2.33. The Labute approximate surface area is 101 Å². The number of hydrogen-bond donors (Lipinski definition) is 1. The first-order valence-electron chi connectivity index (χ1n) is 5.34. The van der Waals surface area contributed by atoms with Gasteiger partial charge < -0.3 is 5.32 Å². The van der Waals surface area contributed by atoms with Crippen LogP contribution in [0.1, 0.15) is 31.0 Å². The molecule has 1 unspecified atom stereocenters. The first-order chi connectivity index (χ1) is 7.13. The van der Waals surface area contributed by atoms with Crippen LogP contribution < -0.4 is 5.32 Å². The fraction of sp³-hybridized carbons (Fsp3) is 0.727. The van der Waals surface area contributed by atoms with Crippen LogP contribution in [0.15, 0.2) is 5.38 Å². The van der Waals surface area contributed by atoms with E-state index in [2.05, 4.69) is 29.5 Å². The second-order valence-electron chi connectivity index (χ2n) is 4.09. The molecule has 0 aliphatic rings. The van der Waals surface area contributed by atoms with Crippen molar-refractivity contribution in [3.8, 4) is 0 Å². The van der Waals surface area contributed by atoms with Gasteiger partial charge in [-0.3, -0.25) is 0 Å². The van der Waals surface area contributed by atoms with Crippen LogP contribution in [0.3, 0.4) is 0 Å². The number of hydrogen-bond acceptors (Lipinski definition) is 3. The lowest BCUT2D eigenvalue weighted by Gasteiger charge is -2.20. The van der Waals surface area contributed by atoms with Gasteiger partial charge in [0.05, 0.1) is 0 Å². The summed E-state index contributed by atoms with van der Waals surface area (Å²) < 4.78 is 0. The lowest BCUT2D eigenvalue weighted by atomic mass is 10.0. The molecule has 0 aromatic carbocycles. The smallest absolute Gasteiger partial charge is 0.107 e. The lowest BCUT2D eigenvalue weighted by molar-refractivity contribution is 0.388. The monoisotopic (exact) mass is 246 g/mol. The maximum atomic E-state index is 5.77. The van der Waals surface area contributed by atoms with Gasteiger partial charge in [-0.2, -0.15) is 0 Å². The van der Waals surface area contributed by atoms with Crippen molar-refractivity contribution in [1.82, 2.24) is 10.3 Å². The Morgan fingerprint density at radius 3 is 2.73 bits per heavy atom. The van der Waals surface area contributed by atoms with E-state index in [-0.39, 0.29) is 0 Å². The van der Waals surface area contributed by atoms with Crippen LogP contribution >= 0.6 is 22.9 Å². The third-order valence-electron chi connectivity index (χ3n) is 2.41. The third kappa shape index (κ3) is 4.49. The molecule has 4 heteroatoms. The molecule has 0 aliphatic carbocycles. The van der Waals surface area contributed by atoms with Crippen LogP contribution in [-0.4, -0.2) is 16.9 Å². The van der Waals surface area contributed by atoms with Crippen LogP contribution in [0.2, 0.25) is 0 Å². The van der Waals surface area contributed by atoms with Gasteiger partial charge in [-0.15, -0.1) is 22.9 Å². The molecule has 1 N–H and O–H groups in total. The van der Waals surface area contributed by atoms with Crippen molar-refractivity contribution in [2.24, 2.45) is 5.92 Å². The molecular weight excluding hydrogens is 228 g/mol. The van der Waals surface area contributed by atoms with Gasteiger partial charge in [0.25, 0.3) is 0 Å². The zero-order valence-corrected chi connectivity index (χ0v) is 11.2. The highest BCUT2D eigenvalue weighted by Crippen LogP contribution is 2.11. The van der Waals surface area contributed by atoms with Crippen LogP contribution in [0, 0.1) is 12.8 Å². The SMILES string of the molecule is Cc1csc(CNC(CCCl)C(C)C)n1. The Morgan fingerprint density at radius 1 is 1.53 bits per heavy atom. The van der Waals surface area contributed by atoms with E-state index in [9.17, 15) is 0 Å². The predicted molar refractivity (Wildman–Crippen MR) is 67.7 cm³/mol. The van der Waals surface area contributed by atoms with E-state index < -0.39 is 0 Å². The van der Waals surface area contributed by atoms with Gasteiger partial charge in [0, 0.05) is 29.5 Å². The average Bonchev–Trinajstić information content (AvgIpc) is 2.58. The quantitative estimate of drug-likeness (QED) is 0.780. The van der Waals surface area contributed by atoms with Crippen LogP contribution in [0.5, 0.6) is 0 Å². The summed E-state index contributed by atoms with van der Waals surface area (Å²) in [5.74, 6) is 1.33. The molecule has 1 atom stereocenters. The largest absolute Gasteiger partial charge is 0.307 e. The van der Waals surface area contributed by atoms with Crippen molar-refractivity contribution in [2.75, 3.05) is 5.88 Å². The second-order valence-corrected chi connectivity index (χ2v) is 5.41. The molecule has 1 heterocycles. The number of aryl methyl sites for hydroxylation is 1. The van der Waals surface area contributed by atoms with Crippen LogP contribution in [0.25, 0.3) is 0 Å². The minimum absolute atomic E-state index is 0.492. The summed E-state index contributed by atoms with van der Waals surface area (Å²) >= 11 is 7.49. The topological polar surface area (TPSA) is 24.9 Å². The molecule has 0 saturated heterocycles. The number of nitrogens with zero attached hydrogens (tertiary/aromatic N) is 1. The maximum absolute atomic E-state index is 5.77. The van der Waals surface area contributed by atoms with E-state index in [0.717, 1.165) is 23.7 Å². The summed E-state index contributed by atoms with van der Waals surface area (Å²) in [6.45, 7) is 7.32. The Hall–Kier alpha value is -0.120. The summed E-state index contributed by atoms with van der Waals surface area (Å²) in [6, 6.07) is 0.492. The highest BCUT2D eigenvalue weighted by Gasteiger charge is 2.12. The summed E-state index contributed by atoms with van der Waals surface area (Å²) in [5, 5.41) is 6.76. The van der Waals surface area contributed by atoms with Crippen molar-refractivity contribution < 1.29 is 0 Å². The molecule has 1 aromatic heterocycles. The highest BCUT2D eigenvalue weighted by molar-refractivity contribution is 7.09. The number of rotatable bonds is 6. The standard InChI is InChI=1S/C11H19ClN2S/c1-8(2)10(4-5-12)13-6-11-14-9(3)7-15-11/h7-8,10,13H,4-6H2,1-3H3. The number of halogens is 1. The molecule has 0 amide bonds. The van der Waals surface area contributed by atoms with E-state index in [1.54, 1.807) is 11.3 Å². The second kappa shape index (κ2) is 6.46. The molecule has 0 spiro atoms.